The van der Waals surface area contributed by atoms with Crippen LogP contribution in [-0.4, -0.2) is 56.3 Å². The summed E-state index contributed by atoms with van der Waals surface area (Å²) in [6, 6.07) is 4.35. The van der Waals surface area contributed by atoms with Gasteiger partial charge in [0.15, 0.2) is 17.5 Å². The van der Waals surface area contributed by atoms with E-state index >= 15 is 0 Å². The summed E-state index contributed by atoms with van der Waals surface area (Å²) in [4.78, 5) is 7.29. The first-order valence-corrected chi connectivity index (χ1v) is 10.4. The second kappa shape index (κ2) is 10.0. The molecule has 0 unspecified atom stereocenters. The normalized spacial score (nSPS) is 18.4. The highest BCUT2D eigenvalue weighted by molar-refractivity contribution is 6.32. The molecule has 1 aromatic rings. The maximum Gasteiger partial charge on any atom is 0.191 e. The Hall–Kier alpha value is -1.66. The topological polar surface area (TPSA) is 58.1 Å². The minimum atomic E-state index is 0.472. The molecule has 2 aliphatic rings. The van der Waals surface area contributed by atoms with Crippen LogP contribution < -0.4 is 20.1 Å². The molecule has 2 N–H and O–H groups in total. The van der Waals surface area contributed by atoms with Gasteiger partial charge in [-0.15, -0.1) is 0 Å². The zero-order chi connectivity index (χ0) is 19.1. The van der Waals surface area contributed by atoms with Crippen LogP contribution >= 0.6 is 11.6 Å². The third-order valence-electron chi connectivity index (χ3n) is 4.89. The Morgan fingerprint density at radius 1 is 1.22 bits per heavy atom. The molecule has 2 heterocycles. The molecule has 0 amide bonds. The standard InChI is InChI=1S/C20H31ClN4O2/c1-3-7-25-8-5-16(6-9-25)24-20(22-4-2)23-14-15-12-17(21)19-18(13-15)26-10-11-27-19/h12-13,16H,3-11,14H2,1-2H3,(H2,22,23,24). The van der Waals surface area contributed by atoms with E-state index in [0.29, 0.717) is 42.3 Å². The van der Waals surface area contributed by atoms with Crippen molar-refractivity contribution in [3.05, 3.63) is 22.7 Å². The highest BCUT2D eigenvalue weighted by Crippen LogP contribution is 2.38. The number of nitrogens with one attached hydrogen (secondary N) is 2. The minimum absolute atomic E-state index is 0.472. The molecule has 0 atom stereocenters. The zero-order valence-electron chi connectivity index (χ0n) is 16.4. The fourth-order valence-corrected chi connectivity index (χ4v) is 3.84. The number of ether oxygens (including phenoxy) is 2. The third kappa shape index (κ3) is 5.66. The summed E-state index contributed by atoms with van der Waals surface area (Å²) in [5.74, 6) is 2.21. The first-order valence-electron chi connectivity index (χ1n) is 10.0. The van der Waals surface area contributed by atoms with Gasteiger partial charge in [0.05, 0.1) is 11.6 Å². The summed E-state index contributed by atoms with van der Waals surface area (Å²) in [5, 5.41) is 7.52. The Morgan fingerprint density at radius 2 is 2.00 bits per heavy atom. The molecular formula is C20H31ClN4O2. The molecule has 0 aromatic heterocycles. The number of likely N-dealkylation sites (tertiary alicyclic amines) is 1. The third-order valence-corrected chi connectivity index (χ3v) is 5.17. The van der Waals surface area contributed by atoms with Crippen molar-refractivity contribution in [2.75, 3.05) is 39.4 Å². The van der Waals surface area contributed by atoms with Gasteiger partial charge >= 0.3 is 0 Å². The molecule has 1 aromatic carbocycles. The van der Waals surface area contributed by atoms with Crippen LogP contribution in [0.4, 0.5) is 0 Å². The number of aliphatic imine (C=N–C) groups is 1. The van der Waals surface area contributed by atoms with Gasteiger partial charge in [0.25, 0.3) is 0 Å². The molecule has 150 valence electrons. The largest absolute Gasteiger partial charge is 0.486 e. The van der Waals surface area contributed by atoms with Crippen LogP contribution in [0.25, 0.3) is 0 Å². The average molecular weight is 395 g/mol. The highest BCUT2D eigenvalue weighted by Gasteiger charge is 2.20. The molecule has 0 aliphatic carbocycles. The smallest absolute Gasteiger partial charge is 0.191 e. The first kappa shape index (κ1) is 20.1. The van der Waals surface area contributed by atoms with E-state index in [1.165, 1.54) is 13.0 Å². The molecule has 2 aliphatic heterocycles. The van der Waals surface area contributed by atoms with Gasteiger partial charge in [-0.25, -0.2) is 4.99 Å². The Kier molecular flexibility index (Phi) is 7.47. The van der Waals surface area contributed by atoms with Crippen LogP contribution in [0.15, 0.2) is 17.1 Å². The molecule has 1 fully saturated rings. The van der Waals surface area contributed by atoms with E-state index in [2.05, 4.69) is 29.4 Å². The van der Waals surface area contributed by atoms with Gasteiger partial charge in [-0.2, -0.15) is 0 Å². The van der Waals surface area contributed by atoms with Crippen LogP contribution in [0.5, 0.6) is 11.5 Å². The van der Waals surface area contributed by atoms with Crippen molar-refractivity contribution in [3.63, 3.8) is 0 Å². The van der Waals surface area contributed by atoms with Gasteiger partial charge in [0, 0.05) is 25.7 Å². The van der Waals surface area contributed by atoms with Gasteiger partial charge in [-0.3, -0.25) is 0 Å². The van der Waals surface area contributed by atoms with Crippen molar-refractivity contribution >= 4 is 17.6 Å². The Morgan fingerprint density at radius 3 is 2.74 bits per heavy atom. The number of guanidine groups is 1. The van der Waals surface area contributed by atoms with Crippen molar-refractivity contribution in [1.82, 2.24) is 15.5 Å². The zero-order valence-corrected chi connectivity index (χ0v) is 17.1. The van der Waals surface area contributed by atoms with Crippen LogP contribution in [-0.2, 0) is 6.54 Å². The van der Waals surface area contributed by atoms with Crippen LogP contribution in [0.1, 0.15) is 38.7 Å². The predicted molar refractivity (Wildman–Crippen MR) is 110 cm³/mol. The van der Waals surface area contributed by atoms with Gasteiger partial charge in [-0.05, 0) is 50.4 Å². The summed E-state index contributed by atoms with van der Waals surface area (Å²) < 4.78 is 11.2. The van der Waals surface area contributed by atoms with E-state index in [0.717, 1.165) is 44.0 Å². The van der Waals surface area contributed by atoms with E-state index < -0.39 is 0 Å². The lowest BCUT2D eigenvalue weighted by molar-refractivity contribution is 0.171. The maximum absolute atomic E-state index is 6.33. The van der Waals surface area contributed by atoms with Crippen molar-refractivity contribution in [3.8, 4) is 11.5 Å². The summed E-state index contributed by atoms with van der Waals surface area (Å²) in [7, 11) is 0. The molecule has 27 heavy (non-hydrogen) atoms. The molecule has 0 spiro atoms. The van der Waals surface area contributed by atoms with Crippen LogP contribution in [0.3, 0.4) is 0 Å². The number of piperidine rings is 1. The Balaban J connectivity index is 1.60. The number of hydrogen-bond donors (Lipinski definition) is 2. The molecular weight excluding hydrogens is 364 g/mol. The van der Waals surface area contributed by atoms with E-state index in [4.69, 9.17) is 26.1 Å². The lowest BCUT2D eigenvalue weighted by Gasteiger charge is -2.32. The van der Waals surface area contributed by atoms with Gasteiger partial charge in [-0.1, -0.05) is 18.5 Å². The van der Waals surface area contributed by atoms with Crippen molar-refractivity contribution in [1.29, 1.82) is 0 Å². The van der Waals surface area contributed by atoms with Crippen LogP contribution in [0, 0.1) is 0 Å². The summed E-state index contributed by atoms with van der Waals surface area (Å²) in [5.41, 5.74) is 1.01. The Bertz CT molecular complexity index is 645. The number of rotatable bonds is 6. The van der Waals surface area contributed by atoms with Crippen molar-refractivity contribution in [2.45, 2.75) is 45.7 Å². The number of halogens is 1. The van der Waals surface area contributed by atoms with Gasteiger partial charge < -0.3 is 25.0 Å². The summed E-state index contributed by atoms with van der Waals surface area (Å²) in [6.45, 7) is 10.3. The molecule has 3 rings (SSSR count). The number of benzene rings is 1. The molecule has 6 nitrogen and oxygen atoms in total. The van der Waals surface area contributed by atoms with Gasteiger partial charge in [0.1, 0.15) is 13.2 Å². The summed E-state index contributed by atoms with van der Waals surface area (Å²) in [6.07, 6.45) is 3.53. The fraction of sp³-hybridized carbons (Fsp3) is 0.650. The fourth-order valence-electron chi connectivity index (χ4n) is 3.56. The molecule has 0 bridgehead atoms. The SMILES string of the molecule is CCCN1CCC(NC(=NCc2cc(Cl)c3c(c2)OCCO3)NCC)CC1. The minimum Gasteiger partial charge on any atom is -0.486 e. The maximum atomic E-state index is 6.33. The van der Waals surface area contributed by atoms with Gasteiger partial charge in [0.2, 0.25) is 0 Å². The second-order valence-corrected chi connectivity index (χ2v) is 7.46. The number of hydrogen-bond acceptors (Lipinski definition) is 4. The van der Waals surface area contributed by atoms with Crippen molar-refractivity contribution in [2.24, 2.45) is 4.99 Å². The predicted octanol–water partition coefficient (Wildman–Crippen LogP) is 3.04. The number of fused-ring (bicyclic) bond motifs is 1. The van der Waals surface area contributed by atoms with Crippen molar-refractivity contribution < 1.29 is 9.47 Å². The van der Waals surface area contributed by atoms with E-state index in [1.54, 1.807) is 0 Å². The van der Waals surface area contributed by atoms with E-state index in [-0.39, 0.29) is 0 Å². The lowest BCUT2D eigenvalue weighted by Crippen LogP contribution is -2.48. The van der Waals surface area contributed by atoms with E-state index in [9.17, 15) is 0 Å². The number of nitrogens with zero attached hydrogens (tertiary/aromatic N) is 2. The average Bonchev–Trinajstić information content (AvgIpc) is 2.68. The lowest BCUT2D eigenvalue weighted by atomic mass is 10.1. The molecule has 7 heteroatoms. The Labute approximate surface area is 167 Å². The first-order chi connectivity index (χ1) is 13.2. The second-order valence-electron chi connectivity index (χ2n) is 7.06. The molecule has 0 saturated carbocycles. The summed E-state index contributed by atoms with van der Waals surface area (Å²) >= 11 is 6.33. The van der Waals surface area contributed by atoms with E-state index in [1.807, 2.05) is 12.1 Å². The van der Waals surface area contributed by atoms with Crippen LogP contribution in [0.2, 0.25) is 5.02 Å². The quantitative estimate of drug-likeness (QED) is 0.573. The highest BCUT2D eigenvalue weighted by atomic mass is 35.5. The molecule has 1 saturated heterocycles. The monoisotopic (exact) mass is 394 g/mol. The molecule has 0 radical (unpaired) electrons.